The molecule has 2 aromatic carbocycles. The fourth-order valence-electron chi connectivity index (χ4n) is 2.89. The Hall–Kier alpha value is -3.25. The number of rotatable bonds is 10. The number of benzene rings is 2. The molecule has 2 N–H and O–H groups in total. The lowest BCUT2D eigenvalue weighted by Crippen LogP contribution is -2.31. The first kappa shape index (κ1) is 20.5. The van der Waals surface area contributed by atoms with Gasteiger partial charge < -0.3 is 24.5 Å². The predicted octanol–water partition coefficient (Wildman–Crippen LogP) is 3.37. The number of aromatic nitrogens is 1. The molecular weight excluding hydrogens is 368 g/mol. The number of ether oxygens (including phenoxy) is 3. The van der Waals surface area contributed by atoms with Crippen molar-refractivity contribution in [2.75, 3.05) is 19.8 Å². The Kier molecular flexibility index (Phi) is 7.30. The molecule has 0 aliphatic rings. The van der Waals surface area contributed by atoms with E-state index in [9.17, 15) is 4.79 Å². The number of nitrogens with zero attached hydrogens (tertiary/aromatic N) is 1. The van der Waals surface area contributed by atoms with Crippen LogP contribution < -0.4 is 15.2 Å². The molecular formula is C23H26N2O4. The summed E-state index contributed by atoms with van der Waals surface area (Å²) < 4.78 is 18.7. The minimum atomic E-state index is -0.733. The standard InChI is InChI=1S/C23H26N2O4/c1-2-27-23(26)22(17-18-5-9-20(10-6-18)28-16-13-24)29-21-11-7-19(8-12-21)25-14-3-4-15-25/h3-12,14-15,22H,2,13,16-17,24H2,1H3. The third-order valence-electron chi connectivity index (χ3n) is 4.30. The summed E-state index contributed by atoms with van der Waals surface area (Å²) >= 11 is 0. The molecule has 1 aromatic heterocycles. The van der Waals surface area contributed by atoms with E-state index in [4.69, 9.17) is 19.9 Å². The highest BCUT2D eigenvalue weighted by Gasteiger charge is 2.22. The number of hydrogen-bond acceptors (Lipinski definition) is 5. The van der Waals surface area contributed by atoms with Crippen LogP contribution in [0, 0.1) is 0 Å². The highest BCUT2D eigenvalue weighted by Crippen LogP contribution is 2.20. The monoisotopic (exact) mass is 394 g/mol. The second-order valence-electron chi connectivity index (χ2n) is 6.43. The van der Waals surface area contributed by atoms with Crippen LogP contribution in [0.3, 0.4) is 0 Å². The summed E-state index contributed by atoms with van der Waals surface area (Å²) in [4.78, 5) is 12.4. The SMILES string of the molecule is CCOC(=O)C(Cc1ccc(OCCN)cc1)Oc1ccc(-n2cccc2)cc1. The summed E-state index contributed by atoms with van der Waals surface area (Å²) in [5.74, 6) is 0.973. The smallest absolute Gasteiger partial charge is 0.347 e. The Balaban J connectivity index is 1.69. The number of hydrogen-bond donors (Lipinski definition) is 1. The Morgan fingerprint density at radius 1 is 1.00 bits per heavy atom. The van der Waals surface area contributed by atoms with Crippen LogP contribution in [0.4, 0.5) is 0 Å². The Morgan fingerprint density at radius 3 is 2.28 bits per heavy atom. The molecule has 0 aliphatic heterocycles. The van der Waals surface area contributed by atoms with Crippen molar-refractivity contribution in [2.45, 2.75) is 19.4 Å². The van der Waals surface area contributed by atoms with E-state index in [2.05, 4.69) is 0 Å². The van der Waals surface area contributed by atoms with Crippen LogP contribution in [0.5, 0.6) is 11.5 Å². The van der Waals surface area contributed by atoms with Gasteiger partial charge in [-0.2, -0.15) is 0 Å². The number of nitrogens with two attached hydrogens (primary N) is 1. The first-order valence-electron chi connectivity index (χ1n) is 9.68. The molecule has 0 spiro atoms. The van der Waals surface area contributed by atoms with Gasteiger partial charge in [-0.05, 0) is 61.0 Å². The van der Waals surface area contributed by atoms with Crippen molar-refractivity contribution in [3.8, 4) is 17.2 Å². The number of carbonyl (C=O) groups excluding carboxylic acids is 1. The summed E-state index contributed by atoms with van der Waals surface area (Å²) in [7, 11) is 0. The molecule has 29 heavy (non-hydrogen) atoms. The van der Waals surface area contributed by atoms with Gasteiger partial charge in [0.2, 0.25) is 0 Å². The second-order valence-corrected chi connectivity index (χ2v) is 6.43. The van der Waals surface area contributed by atoms with E-state index in [1.165, 1.54) is 0 Å². The van der Waals surface area contributed by atoms with Crippen LogP contribution in [-0.2, 0) is 16.0 Å². The molecule has 0 radical (unpaired) electrons. The molecule has 0 amide bonds. The summed E-state index contributed by atoms with van der Waals surface area (Å²) in [6.07, 6.45) is 3.61. The summed E-state index contributed by atoms with van der Waals surface area (Å²) in [5, 5.41) is 0. The van der Waals surface area contributed by atoms with Gasteiger partial charge in [0.25, 0.3) is 0 Å². The zero-order valence-electron chi connectivity index (χ0n) is 16.5. The van der Waals surface area contributed by atoms with E-state index in [1.807, 2.05) is 77.6 Å². The molecule has 0 aliphatic carbocycles. The molecule has 1 atom stereocenters. The van der Waals surface area contributed by atoms with Crippen molar-refractivity contribution in [1.82, 2.24) is 4.57 Å². The van der Waals surface area contributed by atoms with Gasteiger partial charge in [0, 0.05) is 31.0 Å². The van der Waals surface area contributed by atoms with Gasteiger partial charge in [0.05, 0.1) is 6.61 Å². The number of carbonyl (C=O) groups is 1. The fourth-order valence-corrected chi connectivity index (χ4v) is 2.89. The first-order valence-corrected chi connectivity index (χ1v) is 9.68. The maximum Gasteiger partial charge on any atom is 0.347 e. The van der Waals surface area contributed by atoms with Gasteiger partial charge in [0.1, 0.15) is 18.1 Å². The lowest BCUT2D eigenvalue weighted by atomic mass is 10.1. The molecule has 1 unspecified atom stereocenters. The van der Waals surface area contributed by atoms with Crippen molar-refractivity contribution in [1.29, 1.82) is 0 Å². The van der Waals surface area contributed by atoms with E-state index >= 15 is 0 Å². The second kappa shape index (κ2) is 10.3. The van der Waals surface area contributed by atoms with Gasteiger partial charge in [0.15, 0.2) is 6.10 Å². The predicted molar refractivity (Wildman–Crippen MR) is 112 cm³/mol. The van der Waals surface area contributed by atoms with Crippen LogP contribution in [0.1, 0.15) is 12.5 Å². The largest absolute Gasteiger partial charge is 0.492 e. The molecule has 152 valence electrons. The van der Waals surface area contributed by atoms with Crippen LogP contribution in [0.25, 0.3) is 5.69 Å². The molecule has 6 nitrogen and oxygen atoms in total. The molecule has 0 saturated carbocycles. The maximum absolute atomic E-state index is 12.4. The van der Waals surface area contributed by atoms with Crippen LogP contribution in [0.2, 0.25) is 0 Å². The van der Waals surface area contributed by atoms with Crippen LogP contribution in [-0.4, -0.2) is 36.4 Å². The van der Waals surface area contributed by atoms with Crippen molar-refractivity contribution >= 4 is 5.97 Å². The average molecular weight is 394 g/mol. The molecule has 1 heterocycles. The van der Waals surface area contributed by atoms with Crippen molar-refractivity contribution in [3.63, 3.8) is 0 Å². The molecule has 3 rings (SSSR count). The van der Waals surface area contributed by atoms with Gasteiger partial charge in [-0.15, -0.1) is 0 Å². The lowest BCUT2D eigenvalue weighted by Gasteiger charge is -2.18. The average Bonchev–Trinajstić information content (AvgIpc) is 3.28. The zero-order chi connectivity index (χ0) is 20.5. The topological polar surface area (TPSA) is 75.7 Å². The first-order chi connectivity index (χ1) is 14.2. The van der Waals surface area contributed by atoms with Crippen molar-refractivity contribution in [2.24, 2.45) is 5.73 Å². The molecule has 0 saturated heterocycles. The summed E-state index contributed by atoms with van der Waals surface area (Å²) in [6.45, 7) is 3.01. The van der Waals surface area contributed by atoms with Crippen molar-refractivity contribution in [3.05, 3.63) is 78.6 Å². The third-order valence-corrected chi connectivity index (χ3v) is 4.30. The van der Waals surface area contributed by atoms with Gasteiger partial charge >= 0.3 is 5.97 Å². The van der Waals surface area contributed by atoms with E-state index in [0.29, 0.717) is 31.9 Å². The summed E-state index contributed by atoms with van der Waals surface area (Å²) in [6, 6.07) is 19.1. The highest BCUT2D eigenvalue weighted by molar-refractivity contribution is 5.75. The normalized spacial score (nSPS) is 11.7. The highest BCUT2D eigenvalue weighted by atomic mass is 16.6. The van der Waals surface area contributed by atoms with Crippen molar-refractivity contribution < 1.29 is 19.0 Å². The number of esters is 1. The van der Waals surface area contributed by atoms with Crippen LogP contribution >= 0.6 is 0 Å². The minimum Gasteiger partial charge on any atom is -0.492 e. The third kappa shape index (κ3) is 5.86. The molecule has 3 aromatic rings. The Labute approximate surface area is 170 Å². The molecule has 6 heteroatoms. The lowest BCUT2D eigenvalue weighted by molar-refractivity contribution is -0.151. The molecule has 0 bridgehead atoms. The van der Waals surface area contributed by atoms with Gasteiger partial charge in [-0.1, -0.05) is 12.1 Å². The van der Waals surface area contributed by atoms with Gasteiger partial charge in [-0.3, -0.25) is 0 Å². The fraction of sp³-hybridized carbons (Fsp3) is 0.261. The maximum atomic E-state index is 12.4. The quantitative estimate of drug-likeness (QED) is 0.534. The van der Waals surface area contributed by atoms with E-state index in [0.717, 1.165) is 17.0 Å². The van der Waals surface area contributed by atoms with E-state index in [1.54, 1.807) is 6.92 Å². The van der Waals surface area contributed by atoms with Gasteiger partial charge in [-0.25, -0.2) is 4.79 Å². The zero-order valence-corrected chi connectivity index (χ0v) is 16.5. The summed E-state index contributed by atoms with van der Waals surface area (Å²) in [5.41, 5.74) is 7.42. The van der Waals surface area contributed by atoms with E-state index < -0.39 is 6.10 Å². The van der Waals surface area contributed by atoms with Crippen LogP contribution in [0.15, 0.2) is 73.1 Å². The van der Waals surface area contributed by atoms with E-state index in [-0.39, 0.29) is 5.97 Å². The Bertz CT molecular complexity index is 874. The Morgan fingerprint density at radius 2 is 1.66 bits per heavy atom. The molecule has 0 fully saturated rings. The minimum absolute atomic E-state index is 0.303.